The molecule has 0 aliphatic carbocycles. The lowest BCUT2D eigenvalue weighted by atomic mass is 10.0. The summed E-state index contributed by atoms with van der Waals surface area (Å²) in [6, 6.07) is 0.184. The molecule has 0 fully saturated rings. The molecule has 1 aromatic rings. The van der Waals surface area contributed by atoms with Crippen LogP contribution in [0.3, 0.4) is 0 Å². The predicted molar refractivity (Wildman–Crippen MR) is 87.0 cm³/mol. The summed E-state index contributed by atoms with van der Waals surface area (Å²) in [6.45, 7) is 11.2. The fourth-order valence-electron chi connectivity index (χ4n) is 2.44. The molecule has 1 heterocycles. The maximum Gasteiger partial charge on any atom is 0.0782 e. The summed E-state index contributed by atoms with van der Waals surface area (Å²) in [5, 5.41) is 8.12. The lowest BCUT2D eigenvalue weighted by Gasteiger charge is -2.28. The molecule has 4 nitrogen and oxygen atoms in total. The summed E-state index contributed by atoms with van der Waals surface area (Å²) >= 11 is 3.65. The van der Waals surface area contributed by atoms with Crippen LogP contribution in [-0.4, -0.2) is 29.0 Å². The Balaban J connectivity index is 3.04. The van der Waals surface area contributed by atoms with Crippen LogP contribution in [0, 0.1) is 0 Å². The maximum atomic E-state index is 5.94. The molecule has 2 unspecified atom stereocenters. The molecule has 2 atom stereocenters. The average Bonchev–Trinajstić information content (AvgIpc) is 2.80. The highest BCUT2D eigenvalue weighted by molar-refractivity contribution is 9.10. The second-order valence-corrected chi connectivity index (χ2v) is 5.79. The first-order valence-electron chi connectivity index (χ1n) is 7.75. The average molecular weight is 346 g/mol. The van der Waals surface area contributed by atoms with Crippen molar-refractivity contribution in [2.45, 2.75) is 65.6 Å². The van der Waals surface area contributed by atoms with Crippen molar-refractivity contribution in [1.82, 2.24) is 15.1 Å². The summed E-state index contributed by atoms with van der Waals surface area (Å²) in [5.41, 5.74) is 1.21. The molecule has 0 spiro atoms. The van der Waals surface area contributed by atoms with Gasteiger partial charge < -0.3 is 10.1 Å². The lowest BCUT2D eigenvalue weighted by Crippen LogP contribution is -2.36. The van der Waals surface area contributed by atoms with Crippen molar-refractivity contribution in [2.24, 2.45) is 0 Å². The lowest BCUT2D eigenvalue weighted by molar-refractivity contribution is 0.0289. The molecule has 0 aliphatic heterocycles. The Morgan fingerprint density at radius 3 is 2.60 bits per heavy atom. The number of aromatic nitrogens is 2. The van der Waals surface area contributed by atoms with E-state index in [4.69, 9.17) is 4.74 Å². The Hall–Kier alpha value is -0.390. The topological polar surface area (TPSA) is 39.1 Å². The standard InChI is InChI=1S/C15H28BrN3O/c1-5-9-17-14(13(7-3)20-8-4)15-12(16)11-18-19(15)10-6-2/h11,13-14,17H,5-10H2,1-4H3. The van der Waals surface area contributed by atoms with Gasteiger partial charge in [0.1, 0.15) is 0 Å². The van der Waals surface area contributed by atoms with Gasteiger partial charge in [0.2, 0.25) is 0 Å². The fraction of sp³-hybridized carbons (Fsp3) is 0.800. The van der Waals surface area contributed by atoms with E-state index >= 15 is 0 Å². The van der Waals surface area contributed by atoms with E-state index in [2.05, 4.69) is 58.7 Å². The summed E-state index contributed by atoms with van der Waals surface area (Å²) in [5.74, 6) is 0. The van der Waals surface area contributed by atoms with Gasteiger partial charge in [-0.1, -0.05) is 20.8 Å². The number of aryl methyl sites for hydroxylation is 1. The van der Waals surface area contributed by atoms with Gasteiger partial charge >= 0.3 is 0 Å². The first-order chi connectivity index (χ1) is 9.69. The minimum atomic E-state index is 0.176. The SMILES string of the molecule is CCCNC(c1c(Br)cnn1CCC)C(CC)OCC. The highest BCUT2D eigenvalue weighted by atomic mass is 79.9. The number of ether oxygens (including phenoxy) is 1. The molecule has 0 aliphatic rings. The van der Waals surface area contributed by atoms with Crippen molar-refractivity contribution in [3.63, 3.8) is 0 Å². The number of hydrogen-bond donors (Lipinski definition) is 1. The van der Waals surface area contributed by atoms with Crippen LogP contribution in [0.25, 0.3) is 0 Å². The van der Waals surface area contributed by atoms with Gasteiger partial charge in [-0.3, -0.25) is 4.68 Å². The van der Waals surface area contributed by atoms with Crippen LogP contribution in [0.2, 0.25) is 0 Å². The molecule has 1 rings (SSSR count). The van der Waals surface area contributed by atoms with Crippen LogP contribution in [0.5, 0.6) is 0 Å². The van der Waals surface area contributed by atoms with Crippen LogP contribution >= 0.6 is 15.9 Å². The Labute approximate surface area is 131 Å². The van der Waals surface area contributed by atoms with Crippen molar-refractivity contribution < 1.29 is 4.74 Å². The zero-order valence-electron chi connectivity index (χ0n) is 13.2. The van der Waals surface area contributed by atoms with Crippen molar-refractivity contribution in [1.29, 1.82) is 0 Å². The molecule has 1 aromatic heterocycles. The van der Waals surface area contributed by atoms with E-state index in [1.54, 1.807) is 0 Å². The zero-order valence-corrected chi connectivity index (χ0v) is 14.7. The number of nitrogens with zero attached hydrogens (tertiary/aromatic N) is 2. The fourth-order valence-corrected chi connectivity index (χ4v) is 2.98. The summed E-state index contributed by atoms with van der Waals surface area (Å²) in [7, 11) is 0. The van der Waals surface area contributed by atoms with Crippen molar-refractivity contribution in [3.8, 4) is 0 Å². The normalized spacial score (nSPS) is 14.4. The van der Waals surface area contributed by atoms with Gasteiger partial charge in [-0.05, 0) is 48.7 Å². The van der Waals surface area contributed by atoms with Gasteiger partial charge in [0, 0.05) is 13.2 Å². The van der Waals surface area contributed by atoms with Gasteiger partial charge in [0.05, 0.1) is 28.5 Å². The Morgan fingerprint density at radius 1 is 1.30 bits per heavy atom. The highest BCUT2D eigenvalue weighted by Crippen LogP contribution is 2.28. The molecule has 0 saturated heterocycles. The molecular formula is C15H28BrN3O. The van der Waals surface area contributed by atoms with E-state index < -0.39 is 0 Å². The van der Waals surface area contributed by atoms with Crippen LogP contribution in [0.4, 0.5) is 0 Å². The van der Waals surface area contributed by atoms with E-state index in [0.29, 0.717) is 0 Å². The van der Waals surface area contributed by atoms with E-state index in [9.17, 15) is 0 Å². The van der Waals surface area contributed by atoms with Crippen LogP contribution in [-0.2, 0) is 11.3 Å². The minimum absolute atomic E-state index is 0.176. The molecule has 0 amide bonds. The van der Waals surface area contributed by atoms with Gasteiger partial charge in [0.15, 0.2) is 0 Å². The van der Waals surface area contributed by atoms with E-state index in [1.807, 2.05) is 6.20 Å². The van der Waals surface area contributed by atoms with E-state index in [0.717, 1.165) is 43.4 Å². The van der Waals surface area contributed by atoms with Gasteiger partial charge in [-0.15, -0.1) is 0 Å². The van der Waals surface area contributed by atoms with E-state index in [1.165, 1.54) is 5.69 Å². The van der Waals surface area contributed by atoms with Crippen LogP contribution < -0.4 is 5.32 Å². The monoisotopic (exact) mass is 345 g/mol. The third kappa shape index (κ3) is 4.57. The smallest absolute Gasteiger partial charge is 0.0782 e. The molecule has 0 radical (unpaired) electrons. The second kappa shape index (κ2) is 9.53. The third-order valence-electron chi connectivity index (χ3n) is 3.33. The van der Waals surface area contributed by atoms with Crippen LogP contribution in [0.15, 0.2) is 10.7 Å². The molecular weight excluding hydrogens is 318 g/mol. The second-order valence-electron chi connectivity index (χ2n) is 4.93. The van der Waals surface area contributed by atoms with Crippen molar-refractivity contribution >= 4 is 15.9 Å². The van der Waals surface area contributed by atoms with Gasteiger partial charge in [0.25, 0.3) is 0 Å². The number of halogens is 1. The quantitative estimate of drug-likeness (QED) is 0.698. The summed E-state index contributed by atoms with van der Waals surface area (Å²) < 4.78 is 9.10. The van der Waals surface area contributed by atoms with Gasteiger partial charge in [-0.2, -0.15) is 5.10 Å². The molecule has 116 valence electrons. The Bertz CT molecular complexity index is 381. The Morgan fingerprint density at radius 2 is 2.05 bits per heavy atom. The number of hydrogen-bond acceptors (Lipinski definition) is 3. The minimum Gasteiger partial charge on any atom is -0.376 e. The highest BCUT2D eigenvalue weighted by Gasteiger charge is 2.27. The number of nitrogens with one attached hydrogen (secondary N) is 1. The first kappa shape index (κ1) is 17.7. The molecule has 0 aromatic carbocycles. The molecule has 0 bridgehead atoms. The van der Waals surface area contributed by atoms with Crippen molar-refractivity contribution in [3.05, 3.63) is 16.4 Å². The van der Waals surface area contributed by atoms with Gasteiger partial charge in [-0.25, -0.2) is 0 Å². The molecule has 1 N–H and O–H groups in total. The van der Waals surface area contributed by atoms with E-state index in [-0.39, 0.29) is 12.1 Å². The summed E-state index contributed by atoms with van der Waals surface area (Å²) in [6.07, 6.45) is 5.24. The molecule has 5 heteroatoms. The maximum absolute atomic E-state index is 5.94. The first-order valence-corrected chi connectivity index (χ1v) is 8.54. The molecule has 20 heavy (non-hydrogen) atoms. The number of rotatable bonds is 10. The molecule has 0 saturated carbocycles. The van der Waals surface area contributed by atoms with Crippen LogP contribution in [0.1, 0.15) is 58.7 Å². The largest absolute Gasteiger partial charge is 0.376 e. The third-order valence-corrected chi connectivity index (χ3v) is 3.94. The Kier molecular flexibility index (Phi) is 8.41. The zero-order chi connectivity index (χ0) is 15.0. The summed E-state index contributed by atoms with van der Waals surface area (Å²) in [4.78, 5) is 0. The van der Waals surface area contributed by atoms with Crippen molar-refractivity contribution in [2.75, 3.05) is 13.2 Å². The predicted octanol–water partition coefficient (Wildman–Crippen LogP) is 3.91.